The molecule has 0 unspecified atom stereocenters. The van der Waals surface area contributed by atoms with E-state index in [-0.39, 0.29) is 12.5 Å². The highest BCUT2D eigenvalue weighted by atomic mass is 32.1. The molecule has 0 saturated heterocycles. The summed E-state index contributed by atoms with van der Waals surface area (Å²) in [5.74, 6) is 0.593. The van der Waals surface area contributed by atoms with Gasteiger partial charge in [0.1, 0.15) is 10.8 Å². The number of hydrogen-bond acceptors (Lipinski definition) is 5. The van der Waals surface area contributed by atoms with Gasteiger partial charge >= 0.3 is 0 Å². The van der Waals surface area contributed by atoms with Crippen molar-refractivity contribution in [2.24, 2.45) is 0 Å². The maximum absolute atomic E-state index is 12.2. The Morgan fingerprint density at radius 2 is 1.93 bits per heavy atom. The summed E-state index contributed by atoms with van der Waals surface area (Å²) in [6.07, 6.45) is 4.50. The molecular weight excluding hydrogens is 358 g/mol. The van der Waals surface area contributed by atoms with E-state index in [0.717, 1.165) is 29.2 Å². The zero-order valence-electron chi connectivity index (χ0n) is 15.2. The van der Waals surface area contributed by atoms with E-state index in [1.807, 2.05) is 43.3 Å². The van der Waals surface area contributed by atoms with Crippen LogP contribution in [0, 0.1) is 6.92 Å². The second-order valence-corrected chi connectivity index (χ2v) is 7.69. The predicted octanol–water partition coefficient (Wildman–Crippen LogP) is 4.41. The molecule has 2 aromatic carbocycles. The minimum atomic E-state index is -0.227. The summed E-state index contributed by atoms with van der Waals surface area (Å²) < 4.78 is 5.79. The molecule has 1 aliphatic carbocycles. The maximum atomic E-state index is 12.2. The van der Waals surface area contributed by atoms with Crippen LogP contribution < -0.4 is 10.1 Å². The third-order valence-corrected chi connectivity index (χ3v) is 5.57. The van der Waals surface area contributed by atoms with Gasteiger partial charge in [-0.05, 0) is 49.8 Å². The Kier molecular flexibility index (Phi) is 5.16. The Bertz CT molecular complexity index is 950. The van der Waals surface area contributed by atoms with Crippen LogP contribution in [0.1, 0.15) is 29.5 Å². The third-order valence-electron chi connectivity index (χ3n) is 4.68. The molecule has 0 aliphatic heterocycles. The van der Waals surface area contributed by atoms with E-state index < -0.39 is 0 Å². The van der Waals surface area contributed by atoms with Crippen molar-refractivity contribution in [2.45, 2.75) is 32.6 Å². The van der Waals surface area contributed by atoms with Crippen molar-refractivity contribution < 1.29 is 9.53 Å². The standard InChI is InChI=1S/C21H21N3O2S/c1-14-9-11-16(12-10-14)20-23-24-21(27-20)22-19(25)13-26-18-8-4-6-15-5-2-3-7-17(15)18/h4,6,8-12H,2-3,5,7,13H2,1H3,(H,22,24,25). The molecule has 138 valence electrons. The molecule has 27 heavy (non-hydrogen) atoms. The molecule has 0 atom stereocenters. The third kappa shape index (κ3) is 4.17. The highest BCUT2D eigenvalue weighted by molar-refractivity contribution is 7.18. The van der Waals surface area contributed by atoms with Crippen LogP contribution in [0.25, 0.3) is 10.6 Å². The highest BCUT2D eigenvalue weighted by Gasteiger charge is 2.15. The van der Waals surface area contributed by atoms with Crippen molar-refractivity contribution in [3.63, 3.8) is 0 Å². The van der Waals surface area contributed by atoms with Crippen LogP contribution in [0.2, 0.25) is 0 Å². The monoisotopic (exact) mass is 379 g/mol. The first kappa shape index (κ1) is 17.7. The fraction of sp³-hybridized carbons (Fsp3) is 0.286. The van der Waals surface area contributed by atoms with Gasteiger partial charge in [-0.3, -0.25) is 10.1 Å². The molecule has 3 aromatic rings. The molecule has 0 bridgehead atoms. The minimum absolute atomic E-state index is 0.0318. The summed E-state index contributed by atoms with van der Waals surface area (Å²) in [6.45, 7) is 2.01. The molecule has 6 heteroatoms. The molecule has 1 amide bonds. The lowest BCUT2D eigenvalue weighted by Gasteiger charge is -2.19. The number of hydrogen-bond donors (Lipinski definition) is 1. The highest BCUT2D eigenvalue weighted by Crippen LogP contribution is 2.30. The second kappa shape index (κ2) is 7.88. The van der Waals surface area contributed by atoms with Gasteiger partial charge in [0.2, 0.25) is 5.13 Å². The number of aromatic nitrogens is 2. The minimum Gasteiger partial charge on any atom is -0.483 e. The first-order valence-electron chi connectivity index (χ1n) is 9.13. The molecule has 1 heterocycles. The summed E-state index contributed by atoms with van der Waals surface area (Å²) in [5.41, 5.74) is 4.77. The fourth-order valence-electron chi connectivity index (χ4n) is 3.27. The van der Waals surface area contributed by atoms with E-state index in [1.54, 1.807) is 0 Å². The largest absolute Gasteiger partial charge is 0.483 e. The van der Waals surface area contributed by atoms with Crippen molar-refractivity contribution in [1.82, 2.24) is 10.2 Å². The number of carbonyl (C=O) groups is 1. The summed E-state index contributed by atoms with van der Waals surface area (Å²) >= 11 is 1.35. The number of aryl methyl sites for hydroxylation is 2. The quantitative estimate of drug-likeness (QED) is 0.713. The molecule has 1 N–H and O–H groups in total. The Morgan fingerprint density at radius 1 is 1.11 bits per heavy atom. The predicted molar refractivity (Wildman–Crippen MR) is 107 cm³/mol. The van der Waals surface area contributed by atoms with Gasteiger partial charge in [0.15, 0.2) is 6.61 Å². The van der Waals surface area contributed by atoms with Crippen LogP contribution in [-0.2, 0) is 17.6 Å². The number of fused-ring (bicyclic) bond motifs is 1. The number of rotatable bonds is 5. The van der Waals surface area contributed by atoms with Gasteiger partial charge in [-0.15, -0.1) is 10.2 Å². The van der Waals surface area contributed by atoms with Gasteiger partial charge in [-0.25, -0.2) is 0 Å². The van der Waals surface area contributed by atoms with E-state index in [0.29, 0.717) is 5.13 Å². The number of amides is 1. The van der Waals surface area contributed by atoms with Gasteiger partial charge < -0.3 is 4.74 Å². The Hall–Kier alpha value is -2.73. The van der Waals surface area contributed by atoms with Crippen molar-refractivity contribution in [2.75, 3.05) is 11.9 Å². The van der Waals surface area contributed by atoms with Crippen LogP contribution in [-0.4, -0.2) is 22.7 Å². The van der Waals surface area contributed by atoms with Gasteiger partial charge in [0.05, 0.1) is 0 Å². The summed E-state index contributed by atoms with van der Waals surface area (Å²) in [4.78, 5) is 12.2. The average molecular weight is 379 g/mol. The first-order valence-corrected chi connectivity index (χ1v) is 9.94. The van der Waals surface area contributed by atoms with E-state index in [1.165, 1.54) is 40.9 Å². The van der Waals surface area contributed by atoms with Crippen LogP contribution in [0.5, 0.6) is 5.75 Å². The molecule has 0 radical (unpaired) electrons. The van der Waals surface area contributed by atoms with Crippen LogP contribution >= 0.6 is 11.3 Å². The van der Waals surface area contributed by atoms with E-state index in [4.69, 9.17) is 4.74 Å². The van der Waals surface area contributed by atoms with Crippen LogP contribution in [0.15, 0.2) is 42.5 Å². The van der Waals surface area contributed by atoms with Gasteiger partial charge in [0.25, 0.3) is 5.91 Å². The number of benzene rings is 2. The Labute approximate surface area is 162 Å². The zero-order valence-corrected chi connectivity index (χ0v) is 16.0. The van der Waals surface area contributed by atoms with Crippen molar-refractivity contribution in [1.29, 1.82) is 0 Å². The molecule has 4 rings (SSSR count). The molecule has 0 saturated carbocycles. The Balaban J connectivity index is 1.37. The summed E-state index contributed by atoms with van der Waals surface area (Å²) in [6, 6.07) is 14.2. The smallest absolute Gasteiger partial charge is 0.264 e. The van der Waals surface area contributed by atoms with Gasteiger partial charge in [-0.2, -0.15) is 0 Å². The number of anilines is 1. The first-order chi connectivity index (χ1) is 13.2. The lowest BCUT2D eigenvalue weighted by Crippen LogP contribution is -2.20. The normalized spacial score (nSPS) is 13.1. The number of nitrogens with zero attached hydrogens (tertiary/aromatic N) is 2. The van der Waals surface area contributed by atoms with Crippen molar-refractivity contribution in [3.8, 4) is 16.3 Å². The number of nitrogens with one attached hydrogen (secondary N) is 1. The Morgan fingerprint density at radius 3 is 2.78 bits per heavy atom. The van der Waals surface area contributed by atoms with E-state index >= 15 is 0 Å². The van der Waals surface area contributed by atoms with E-state index in [9.17, 15) is 4.79 Å². The number of ether oxygens (including phenoxy) is 1. The van der Waals surface area contributed by atoms with E-state index in [2.05, 4.69) is 21.6 Å². The summed E-state index contributed by atoms with van der Waals surface area (Å²) in [5, 5.41) is 12.3. The molecule has 0 fully saturated rings. The fourth-order valence-corrected chi connectivity index (χ4v) is 4.03. The molecule has 5 nitrogen and oxygen atoms in total. The van der Waals surface area contributed by atoms with Gasteiger partial charge in [0, 0.05) is 5.56 Å². The molecule has 1 aliphatic rings. The SMILES string of the molecule is Cc1ccc(-c2nnc(NC(=O)COc3cccc4c3CCCC4)s2)cc1. The lowest BCUT2D eigenvalue weighted by atomic mass is 9.91. The van der Waals surface area contributed by atoms with Crippen molar-refractivity contribution >= 4 is 22.4 Å². The maximum Gasteiger partial charge on any atom is 0.264 e. The van der Waals surface area contributed by atoms with Crippen LogP contribution in [0.4, 0.5) is 5.13 Å². The topological polar surface area (TPSA) is 64.1 Å². The number of carbonyl (C=O) groups excluding carboxylic acids is 1. The second-order valence-electron chi connectivity index (χ2n) is 6.72. The van der Waals surface area contributed by atoms with Crippen LogP contribution in [0.3, 0.4) is 0 Å². The molecule has 1 aromatic heterocycles. The van der Waals surface area contributed by atoms with Gasteiger partial charge in [-0.1, -0.05) is 53.3 Å². The summed E-state index contributed by atoms with van der Waals surface area (Å²) in [7, 11) is 0. The average Bonchev–Trinajstić information content (AvgIpc) is 3.15. The van der Waals surface area contributed by atoms with Crippen molar-refractivity contribution in [3.05, 3.63) is 59.2 Å². The molecule has 0 spiro atoms. The molecular formula is C21H21N3O2S. The zero-order chi connectivity index (χ0) is 18.6. The lowest BCUT2D eigenvalue weighted by molar-refractivity contribution is -0.118.